The largest absolute Gasteiger partial charge is 0.411 e. The second-order valence-electron chi connectivity index (χ2n) is 8.16. The predicted molar refractivity (Wildman–Crippen MR) is 138 cm³/mol. The fourth-order valence-electron chi connectivity index (χ4n) is 4.07. The molecule has 0 unspecified atom stereocenters. The topological polar surface area (TPSA) is 74.5 Å². The lowest BCUT2D eigenvalue weighted by atomic mass is 10.0. The molecule has 0 spiro atoms. The molecule has 9 heteroatoms. The minimum Gasteiger partial charge on any atom is -0.411 e. The Morgan fingerprint density at radius 3 is 2.65 bits per heavy atom. The number of piperazine rings is 1. The first-order valence-electron chi connectivity index (χ1n) is 11.0. The van der Waals surface area contributed by atoms with E-state index in [4.69, 9.17) is 16.0 Å². The third-order valence-corrected chi connectivity index (χ3v) is 6.96. The Morgan fingerprint density at radius 1 is 1.03 bits per heavy atom. The van der Waals surface area contributed by atoms with Gasteiger partial charge in [0, 0.05) is 31.7 Å². The van der Waals surface area contributed by atoms with Crippen LogP contribution in [0, 0.1) is 0 Å². The molecule has 1 aliphatic heterocycles. The number of hydrogen-bond donors (Lipinski definition) is 1. The van der Waals surface area contributed by atoms with Crippen LogP contribution in [0.15, 0.2) is 70.3 Å². The maximum atomic E-state index is 12.7. The maximum Gasteiger partial charge on any atom is 0.277 e. The van der Waals surface area contributed by atoms with Crippen molar-refractivity contribution in [2.24, 2.45) is 0 Å². The molecule has 1 saturated heterocycles. The summed E-state index contributed by atoms with van der Waals surface area (Å²) in [5.74, 6) is 0.422. The molecule has 4 aromatic rings. The number of halogens is 1. The molecule has 1 aliphatic rings. The highest BCUT2D eigenvalue weighted by molar-refractivity contribution is 7.99. The first-order valence-corrected chi connectivity index (χ1v) is 12.4. The number of hydrogen-bond acceptors (Lipinski definition) is 7. The number of benzene rings is 3. The highest BCUT2D eigenvalue weighted by Crippen LogP contribution is 2.35. The van der Waals surface area contributed by atoms with Gasteiger partial charge in [0.05, 0.1) is 22.2 Å². The van der Waals surface area contributed by atoms with Crippen molar-refractivity contribution in [3.05, 3.63) is 65.7 Å². The average molecular weight is 494 g/mol. The van der Waals surface area contributed by atoms with Gasteiger partial charge < -0.3 is 19.5 Å². The standard InChI is InChI=1S/C25H24ClN5O2S/c1-30-12-14-31(15-13-30)23-20(26)10-5-11-21(23)27-22(32)16-34-25-29-28-24(33-25)19-9-4-7-17-6-2-3-8-18(17)19/h2-11H,12-16H2,1H3,(H,27,32). The highest BCUT2D eigenvalue weighted by atomic mass is 35.5. The van der Waals surface area contributed by atoms with Gasteiger partial charge in [-0.3, -0.25) is 4.79 Å². The molecule has 1 aromatic heterocycles. The van der Waals surface area contributed by atoms with E-state index < -0.39 is 0 Å². The summed E-state index contributed by atoms with van der Waals surface area (Å²) in [6.07, 6.45) is 0. The van der Waals surface area contributed by atoms with E-state index >= 15 is 0 Å². The molecule has 3 aromatic carbocycles. The number of amides is 1. The molecule has 0 atom stereocenters. The second-order valence-corrected chi connectivity index (χ2v) is 9.50. The van der Waals surface area contributed by atoms with E-state index in [9.17, 15) is 4.79 Å². The van der Waals surface area contributed by atoms with Crippen LogP contribution in [0.25, 0.3) is 22.2 Å². The second kappa shape index (κ2) is 10.0. The first-order chi connectivity index (χ1) is 16.6. The zero-order valence-electron chi connectivity index (χ0n) is 18.7. The molecule has 7 nitrogen and oxygen atoms in total. The number of carbonyl (C=O) groups is 1. The molecule has 5 rings (SSSR count). The Bertz CT molecular complexity index is 1310. The quantitative estimate of drug-likeness (QED) is 0.378. The van der Waals surface area contributed by atoms with E-state index in [1.54, 1.807) is 0 Å². The normalized spacial score (nSPS) is 14.5. The lowest BCUT2D eigenvalue weighted by molar-refractivity contribution is -0.113. The lowest BCUT2D eigenvalue weighted by Crippen LogP contribution is -2.44. The number of thioether (sulfide) groups is 1. The Kier molecular flexibility index (Phi) is 6.71. The molecule has 1 fully saturated rings. The molecule has 34 heavy (non-hydrogen) atoms. The smallest absolute Gasteiger partial charge is 0.277 e. The van der Waals surface area contributed by atoms with Gasteiger partial charge in [-0.05, 0) is 36.0 Å². The van der Waals surface area contributed by atoms with Crippen LogP contribution < -0.4 is 10.2 Å². The van der Waals surface area contributed by atoms with Crippen LogP contribution in [0.5, 0.6) is 0 Å². The van der Waals surface area contributed by atoms with Crippen LogP contribution >= 0.6 is 23.4 Å². The molecule has 174 valence electrons. The van der Waals surface area contributed by atoms with Gasteiger partial charge >= 0.3 is 0 Å². The highest BCUT2D eigenvalue weighted by Gasteiger charge is 2.21. The third-order valence-electron chi connectivity index (χ3n) is 5.83. The SMILES string of the molecule is CN1CCN(c2c(Cl)cccc2NC(=O)CSc2nnc(-c3cccc4ccccc34)o2)CC1. The van der Waals surface area contributed by atoms with Crippen molar-refractivity contribution in [1.29, 1.82) is 0 Å². The van der Waals surface area contributed by atoms with Crippen LogP contribution in [0.4, 0.5) is 11.4 Å². The summed E-state index contributed by atoms with van der Waals surface area (Å²) in [5.41, 5.74) is 2.45. The van der Waals surface area contributed by atoms with Gasteiger partial charge in [-0.25, -0.2) is 0 Å². The number of anilines is 2. The van der Waals surface area contributed by atoms with E-state index in [1.165, 1.54) is 11.8 Å². The van der Waals surface area contributed by atoms with E-state index in [2.05, 4.69) is 32.4 Å². The Hall–Kier alpha value is -3.07. The van der Waals surface area contributed by atoms with Gasteiger partial charge in [-0.1, -0.05) is 65.8 Å². The molecular formula is C25H24ClN5O2S. The molecule has 1 N–H and O–H groups in total. The van der Waals surface area contributed by atoms with Gasteiger partial charge in [0.25, 0.3) is 5.22 Å². The van der Waals surface area contributed by atoms with Gasteiger partial charge in [-0.15, -0.1) is 10.2 Å². The van der Waals surface area contributed by atoms with Crippen LogP contribution in [-0.4, -0.2) is 60.0 Å². The molecule has 0 aliphatic carbocycles. The van der Waals surface area contributed by atoms with Gasteiger partial charge in [0.1, 0.15) is 0 Å². The van der Waals surface area contributed by atoms with Crippen molar-refractivity contribution in [3.8, 4) is 11.5 Å². The Labute approximate surface area is 207 Å². The molecule has 0 bridgehead atoms. The monoisotopic (exact) mass is 493 g/mol. The van der Waals surface area contributed by atoms with Crippen molar-refractivity contribution >= 4 is 51.4 Å². The van der Waals surface area contributed by atoms with Crippen molar-refractivity contribution in [2.75, 3.05) is 49.2 Å². The Balaban J connectivity index is 1.26. The van der Waals surface area contributed by atoms with Crippen LogP contribution in [0.2, 0.25) is 5.02 Å². The number of carbonyl (C=O) groups excluding carboxylic acids is 1. The minimum absolute atomic E-state index is 0.145. The van der Waals surface area contributed by atoms with Crippen LogP contribution in [-0.2, 0) is 4.79 Å². The van der Waals surface area contributed by atoms with Crippen LogP contribution in [0.1, 0.15) is 0 Å². The number of likely N-dealkylation sites (N-methyl/N-ethyl adjacent to an activating group) is 1. The summed E-state index contributed by atoms with van der Waals surface area (Å²) in [4.78, 5) is 17.2. The summed E-state index contributed by atoms with van der Waals surface area (Å²) in [5, 5.41) is 14.4. The number of para-hydroxylation sites is 1. The number of rotatable bonds is 6. The molecule has 0 saturated carbocycles. The third kappa shape index (κ3) is 4.89. The van der Waals surface area contributed by atoms with E-state index in [1.807, 2.05) is 60.7 Å². The molecular weight excluding hydrogens is 470 g/mol. The van der Waals surface area contributed by atoms with Gasteiger partial charge in [0.2, 0.25) is 11.8 Å². The molecule has 2 heterocycles. The van der Waals surface area contributed by atoms with Crippen molar-refractivity contribution < 1.29 is 9.21 Å². The van der Waals surface area contributed by atoms with Gasteiger partial charge in [-0.2, -0.15) is 0 Å². The Morgan fingerprint density at radius 2 is 1.79 bits per heavy atom. The van der Waals surface area contributed by atoms with Gasteiger partial charge in [0.15, 0.2) is 0 Å². The van der Waals surface area contributed by atoms with Crippen molar-refractivity contribution in [2.45, 2.75) is 5.22 Å². The average Bonchev–Trinajstić information content (AvgIpc) is 3.32. The summed E-state index contributed by atoms with van der Waals surface area (Å²) in [6.45, 7) is 3.61. The van der Waals surface area contributed by atoms with E-state index in [0.29, 0.717) is 21.8 Å². The van der Waals surface area contributed by atoms with Crippen molar-refractivity contribution in [1.82, 2.24) is 15.1 Å². The maximum absolute atomic E-state index is 12.7. The fourth-order valence-corrected chi connectivity index (χ4v) is 4.93. The number of nitrogens with zero attached hydrogens (tertiary/aromatic N) is 4. The summed E-state index contributed by atoms with van der Waals surface area (Å²) in [7, 11) is 2.10. The van der Waals surface area contributed by atoms with E-state index in [0.717, 1.165) is 48.2 Å². The summed E-state index contributed by atoms with van der Waals surface area (Å²) in [6, 6.07) is 19.6. The molecule has 0 radical (unpaired) electrons. The minimum atomic E-state index is -0.160. The predicted octanol–water partition coefficient (Wildman–Crippen LogP) is 5.03. The number of aromatic nitrogens is 2. The fraction of sp³-hybridized carbons (Fsp3) is 0.240. The lowest BCUT2D eigenvalue weighted by Gasteiger charge is -2.35. The first kappa shape index (κ1) is 22.7. The van der Waals surface area contributed by atoms with Crippen molar-refractivity contribution in [3.63, 3.8) is 0 Å². The zero-order chi connectivity index (χ0) is 23.5. The summed E-state index contributed by atoms with van der Waals surface area (Å²) < 4.78 is 5.85. The van der Waals surface area contributed by atoms with E-state index in [-0.39, 0.29) is 11.7 Å². The molecule has 1 amide bonds. The number of nitrogens with one attached hydrogen (secondary N) is 1. The summed E-state index contributed by atoms with van der Waals surface area (Å²) >= 11 is 7.72. The zero-order valence-corrected chi connectivity index (χ0v) is 20.3. The van der Waals surface area contributed by atoms with Crippen LogP contribution in [0.3, 0.4) is 0 Å². The number of fused-ring (bicyclic) bond motifs is 1.